The van der Waals surface area contributed by atoms with Crippen LogP contribution in [-0.4, -0.2) is 37.4 Å². The second-order valence-corrected chi connectivity index (χ2v) is 4.88. The van der Waals surface area contributed by atoms with Gasteiger partial charge in [0, 0.05) is 18.9 Å². The Kier molecular flexibility index (Phi) is 6.85. The Labute approximate surface area is 89.9 Å². The third kappa shape index (κ3) is 5.46. The van der Waals surface area contributed by atoms with Crippen LogP contribution in [0.5, 0.6) is 0 Å². The maximum Gasteiger partial charge on any atom is 0.179 e. The normalized spacial score (nSPS) is 10.3. The molecule has 0 radical (unpaired) electrons. The van der Waals surface area contributed by atoms with E-state index in [-0.39, 0.29) is 12.4 Å². The van der Waals surface area contributed by atoms with Gasteiger partial charge >= 0.3 is 0 Å². The minimum absolute atomic E-state index is 0.0972. The number of hydrogen-bond acceptors (Lipinski definition) is 5. The molecule has 0 aromatic carbocycles. The van der Waals surface area contributed by atoms with E-state index in [1.807, 2.05) is 0 Å². The first-order chi connectivity index (χ1) is 7.08. The van der Waals surface area contributed by atoms with Crippen molar-refractivity contribution in [1.29, 1.82) is 0 Å². The Morgan fingerprint density at radius 3 is 2.47 bits per heavy atom. The van der Waals surface area contributed by atoms with Gasteiger partial charge in [-0.2, -0.15) is 0 Å². The predicted molar refractivity (Wildman–Crippen MR) is 58.1 cm³/mol. The molecule has 0 aliphatic rings. The number of sulfone groups is 1. The van der Waals surface area contributed by atoms with E-state index in [1.165, 1.54) is 6.20 Å². The molecule has 1 aromatic heterocycles. The highest BCUT2D eigenvalue weighted by molar-refractivity contribution is 7.91. The van der Waals surface area contributed by atoms with Gasteiger partial charge in [-0.15, -0.1) is 0 Å². The third-order valence-electron chi connectivity index (χ3n) is 1.50. The molecule has 1 rings (SSSR count). The molecule has 5 nitrogen and oxygen atoms in total. The maximum atomic E-state index is 11.2. The Hall–Kier alpha value is -0.980. The molecule has 0 amide bonds. The van der Waals surface area contributed by atoms with Crippen molar-refractivity contribution in [2.24, 2.45) is 5.73 Å². The van der Waals surface area contributed by atoms with Crippen molar-refractivity contribution in [1.82, 2.24) is 4.98 Å². The molecular weight excluding hydrogens is 216 g/mol. The Balaban J connectivity index is 0.000000423. The molecule has 0 saturated carbocycles. The van der Waals surface area contributed by atoms with Crippen molar-refractivity contribution < 1.29 is 13.5 Å². The molecule has 0 atom stereocenters. The summed E-state index contributed by atoms with van der Waals surface area (Å²) in [4.78, 5) is 4.01. The van der Waals surface area contributed by atoms with Gasteiger partial charge < -0.3 is 10.8 Å². The topological polar surface area (TPSA) is 93.3 Å². The molecule has 0 unspecified atom stereocenters. The van der Waals surface area contributed by atoms with Crippen LogP contribution in [0, 0.1) is 0 Å². The third-order valence-corrected chi connectivity index (χ3v) is 3.22. The first-order valence-electron chi connectivity index (χ1n) is 4.52. The van der Waals surface area contributed by atoms with E-state index < -0.39 is 9.84 Å². The number of pyridine rings is 1. The van der Waals surface area contributed by atoms with E-state index in [0.29, 0.717) is 11.4 Å². The number of nitrogens with two attached hydrogens (primary N) is 1. The zero-order chi connectivity index (χ0) is 11.7. The molecule has 15 heavy (non-hydrogen) atoms. The van der Waals surface area contributed by atoms with Crippen molar-refractivity contribution in [2.75, 3.05) is 18.9 Å². The van der Waals surface area contributed by atoms with E-state index in [0.717, 1.165) is 0 Å². The lowest BCUT2D eigenvalue weighted by Gasteiger charge is -1.97. The molecule has 0 saturated heterocycles. The number of nitrogens with zero attached hydrogens (tertiary/aromatic N) is 1. The van der Waals surface area contributed by atoms with Crippen molar-refractivity contribution in [3.63, 3.8) is 0 Å². The van der Waals surface area contributed by atoms with Crippen molar-refractivity contribution in [3.8, 4) is 0 Å². The largest absolute Gasteiger partial charge is 0.395 e. The summed E-state index contributed by atoms with van der Waals surface area (Å²) in [6, 6.07) is 3.16. The van der Waals surface area contributed by atoms with Gasteiger partial charge in [-0.05, 0) is 12.1 Å². The van der Waals surface area contributed by atoms with Crippen LogP contribution >= 0.6 is 0 Å². The van der Waals surface area contributed by atoms with Gasteiger partial charge in [-0.1, -0.05) is 6.92 Å². The lowest BCUT2D eigenvalue weighted by atomic mass is 10.5. The highest BCUT2D eigenvalue weighted by Crippen LogP contribution is 2.06. The average molecular weight is 232 g/mol. The monoisotopic (exact) mass is 232 g/mol. The molecule has 0 fully saturated rings. The summed E-state index contributed by atoms with van der Waals surface area (Å²) in [7, 11) is -3.06. The molecule has 6 heteroatoms. The second kappa shape index (κ2) is 7.33. The maximum absolute atomic E-state index is 11.2. The lowest BCUT2D eigenvalue weighted by molar-refractivity contribution is 0.306. The summed E-state index contributed by atoms with van der Waals surface area (Å²) in [5.41, 5.74) is 4.78. The van der Waals surface area contributed by atoms with Gasteiger partial charge in [0.2, 0.25) is 0 Å². The first-order valence-corrected chi connectivity index (χ1v) is 6.17. The van der Waals surface area contributed by atoms with Crippen molar-refractivity contribution in [2.45, 2.75) is 11.8 Å². The van der Waals surface area contributed by atoms with Crippen LogP contribution in [0.15, 0.2) is 29.4 Å². The molecule has 0 spiro atoms. The number of rotatable bonds is 3. The fraction of sp³-hybridized carbons (Fsp3) is 0.444. The quantitative estimate of drug-likeness (QED) is 0.753. The number of aliphatic hydroxyl groups is 1. The van der Waals surface area contributed by atoms with Crippen LogP contribution in [0.4, 0.5) is 0 Å². The van der Waals surface area contributed by atoms with Gasteiger partial charge in [-0.3, -0.25) is 4.98 Å². The standard InChI is InChI=1S/C7H9NO2S.C2H7NO/c1-2-11(9,10)7-4-3-5-8-6-7;3-1-2-4/h3-6H,2H2,1H3;4H,1-3H2. The van der Waals surface area contributed by atoms with Crippen LogP contribution in [-0.2, 0) is 9.84 Å². The summed E-state index contributed by atoms with van der Waals surface area (Å²) in [6.07, 6.45) is 2.91. The number of aromatic nitrogens is 1. The van der Waals surface area contributed by atoms with Crippen LogP contribution in [0.1, 0.15) is 6.92 Å². The Morgan fingerprint density at radius 1 is 1.53 bits per heavy atom. The summed E-state index contributed by atoms with van der Waals surface area (Å²) in [5, 5.41) is 7.75. The van der Waals surface area contributed by atoms with Gasteiger partial charge in [0.1, 0.15) is 0 Å². The van der Waals surface area contributed by atoms with E-state index >= 15 is 0 Å². The van der Waals surface area contributed by atoms with Crippen LogP contribution in [0.25, 0.3) is 0 Å². The summed E-state index contributed by atoms with van der Waals surface area (Å²) in [5.74, 6) is 0.124. The molecule has 0 aliphatic heterocycles. The molecule has 86 valence electrons. The van der Waals surface area contributed by atoms with Gasteiger partial charge in [0.25, 0.3) is 0 Å². The summed E-state index contributed by atoms with van der Waals surface area (Å²) in [6.45, 7) is 2.09. The number of hydrogen-bond donors (Lipinski definition) is 2. The Bertz CT molecular complexity index is 349. The molecule has 0 bridgehead atoms. The lowest BCUT2D eigenvalue weighted by Crippen LogP contribution is -2.03. The smallest absolute Gasteiger partial charge is 0.179 e. The highest BCUT2D eigenvalue weighted by atomic mass is 32.2. The number of aliphatic hydroxyl groups excluding tert-OH is 1. The van der Waals surface area contributed by atoms with E-state index in [1.54, 1.807) is 25.3 Å². The van der Waals surface area contributed by atoms with Crippen molar-refractivity contribution in [3.05, 3.63) is 24.5 Å². The molecule has 3 N–H and O–H groups in total. The van der Waals surface area contributed by atoms with Crippen LogP contribution in [0.3, 0.4) is 0 Å². The van der Waals surface area contributed by atoms with Crippen molar-refractivity contribution >= 4 is 9.84 Å². The first kappa shape index (κ1) is 14.0. The van der Waals surface area contributed by atoms with E-state index in [4.69, 9.17) is 10.8 Å². The zero-order valence-corrected chi connectivity index (χ0v) is 9.44. The SMILES string of the molecule is CCS(=O)(=O)c1cccnc1.NCCO. The fourth-order valence-electron chi connectivity index (χ4n) is 0.698. The van der Waals surface area contributed by atoms with Crippen LogP contribution in [0.2, 0.25) is 0 Å². The minimum atomic E-state index is -3.06. The second-order valence-electron chi connectivity index (χ2n) is 2.60. The van der Waals surface area contributed by atoms with Gasteiger partial charge in [0.15, 0.2) is 9.84 Å². The minimum Gasteiger partial charge on any atom is -0.395 e. The zero-order valence-electron chi connectivity index (χ0n) is 8.63. The highest BCUT2D eigenvalue weighted by Gasteiger charge is 2.09. The Morgan fingerprint density at radius 2 is 2.13 bits per heavy atom. The molecular formula is C9H16N2O3S. The predicted octanol–water partition coefficient (Wildman–Crippen LogP) is -0.187. The summed E-state index contributed by atoms with van der Waals surface area (Å²) < 4.78 is 22.3. The van der Waals surface area contributed by atoms with Gasteiger partial charge in [0.05, 0.1) is 17.3 Å². The summed E-state index contributed by atoms with van der Waals surface area (Å²) >= 11 is 0. The van der Waals surface area contributed by atoms with Gasteiger partial charge in [-0.25, -0.2) is 8.42 Å². The molecule has 1 heterocycles. The van der Waals surface area contributed by atoms with E-state index in [9.17, 15) is 8.42 Å². The average Bonchev–Trinajstić information content (AvgIpc) is 2.30. The molecule has 1 aromatic rings. The van der Waals surface area contributed by atoms with E-state index in [2.05, 4.69) is 4.98 Å². The van der Waals surface area contributed by atoms with Crippen LogP contribution < -0.4 is 5.73 Å². The molecule has 0 aliphatic carbocycles. The fourth-order valence-corrected chi connectivity index (χ4v) is 1.54.